The minimum Gasteiger partial charge on any atom is -0.493 e. The molecule has 78 valence electrons. The lowest BCUT2D eigenvalue weighted by atomic mass is 10.4. The van der Waals surface area contributed by atoms with Gasteiger partial charge in [-0.15, -0.1) is 0 Å². The average Bonchev–Trinajstić information content (AvgIpc) is 2.13. The van der Waals surface area contributed by atoms with Crippen LogP contribution in [0.25, 0.3) is 0 Å². The highest BCUT2D eigenvalue weighted by Crippen LogP contribution is 2.34. The molecule has 1 aromatic heterocycles. The summed E-state index contributed by atoms with van der Waals surface area (Å²) in [6.07, 6.45) is 3.39. The molecular weight excluding hydrogens is 205 g/mol. The molecule has 0 aromatic carbocycles. The van der Waals surface area contributed by atoms with E-state index in [9.17, 15) is 4.57 Å². The van der Waals surface area contributed by atoms with Gasteiger partial charge in [0.25, 0.3) is 0 Å². The summed E-state index contributed by atoms with van der Waals surface area (Å²) in [5, 5.41) is 0. The Hall–Kier alpha value is -0.900. The molecule has 6 heteroatoms. The van der Waals surface area contributed by atoms with Crippen LogP contribution in [0.2, 0.25) is 0 Å². The van der Waals surface area contributed by atoms with E-state index in [1.165, 1.54) is 0 Å². The summed E-state index contributed by atoms with van der Waals surface area (Å²) in [7, 11) is -3.88. The molecule has 0 unspecified atom stereocenters. The molecule has 2 N–H and O–H groups in total. The van der Waals surface area contributed by atoms with Crippen LogP contribution in [0.1, 0.15) is 6.42 Å². The highest BCUT2D eigenvalue weighted by atomic mass is 31.2. The Morgan fingerprint density at radius 2 is 2.00 bits per heavy atom. The monoisotopic (exact) mass is 217 g/mol. The minimum atomic E-state index is -3.88. The second kappa shape index (κ2) is 5.10. The Morgan fingerprint density at radius 1 is 1.36 bits per heavy atom. The average molecular weight is 217 g/mol. The maximum atomic E-state index is 10.5. The molecule has 0 aliphatic heterocycles. The maximum Gasteiger partial charge on any atom is 0.325 e. The van der Waals surface area contributed by atoms with Crippen molar-refractivity contribution < 1.29 is 19.1 Å². The van der Waals surface area contributed by atoms with E-state index in [0.29, 0.717) is 18.8 Å². The summed E-state index contributed by atoms with van der Waals surface area (Å²) in [6.45, 7) is 0.301. The third kappa shape index (κ3) is 4.97. The molecular formula is C8H12NO4P. The summed E-state index contributed by atoms with van der Waals surface area (Å²) < 4.78 is 15.7. The molecule has 0 saturated carbocycles. The number of pyridine rings is 1. The molecule has 5 nitrogen and oxygen atoms in total. The molecule has 0 bridgehead atoms. The van der Waals surface area contributed by atoms with Crippen molar-refractivity contribution in [2.24, 2.45) is 0 Å². The van der Waals surface area contributed by atoms with Gasteiger partial charge >= 0.3 is 7.60 Å². The first-order valence-electron chi connectivity index (χ1n) is 4.15. The van der Waals surface area contributed by atoms with Crippen LogP contribution in [-0.2, 0) is 4.57 Å². The Bertz CT molecular complexity index is 310. The van der Waals surface area contributed by atoms with Crippen molar-refractivity contribution in [3.63, 3.8) is 0 Å². The first-order chi connectivity index (χ1) is 6.58. The minimum absolute atomic E-state index is 0.141. The van der Waals surface area contributed by atoms with Gasteiger partial charge in [0, 0.05) is 12.4 Å². The second-order valence-electron chi connectivity index (χ2n) is 2.77. The van der Waals surface area contributed by atoms with Gasteiger partial charge in [-0.1, -0.05) is 0 Å². The molecule has 0 amide bonds. The van der Waals surface area contributed by atoms with Gasteiger partial charge in [0.1, 0.15) is 5.75 Å². The van der Waals surface area contributed by atoms with Gasteiger partial charge in [-0.3, -0.25) is 9.55 Å². The fourth-order valence-corrected chi connectivity index (χ4v) is 1.44. The predicted molar refractivity (Wildman–Crippen MR) is 51.3 cm³/mol. The van der Waals surface area contributed by atoms with E-state index in [2.05, 4.69) is 4.98 Å². The van der Waals surface area contributed by atoms with Crippen molar-refractivity contribution in [2.45, 2.75) is 6.42 Å². The standard InChI is InChI=1S/C8H12NO4P/c10-14(11,12)7-1-6-13-8-2-4-9-5-3-8/h2-5H,1,6-7H2,(H2,10,11,12). The molecule has 0 radical (unpaired) electrons. The van der Waals surface area contributed by atoms with Gasteiger partial charge in [-0.2, -0.15) is 0 Å². The van der Waals surface area contributed by atoms with Crippen molar-refractivity contribution >= 4 is 7.60 Å². The Balaban J connectivity index is 2.20. The van der Waals surface area contributed by atoms with Crippen LogP contribution in [0.4, 0.5) is 0 Å². The predicted octanol–water partition coefficient (Wildman–Crippen LogP) is 1.03. The van der Waals surface area contributed by atoms with Crippen LogP contribution in [0.15, 0.2) is 24.5 Å². The normalized spacial score (nSPS) is 11.3. The zero-order valence-corrected chi connectivity index (χ0v) is 8.43. The molecule has 14 heavy (non-hydrogen) atoms. The van der Waals surface area contributed by atoms with Crippen LogP contribution in [0, 0.1) is 0 Å². The molecule has 0 saturated heterocycles. The van der Waals surface area contributed by atoms with Gasteiger partial charge in [-0.05, 0) is 18.6 Å². The number of hydrogen-bond donors (Lipinski definition) is 2. The number of aromatic nitrogens is 1. The zero-order valence-electron chi connectivity index (χ0n) is 7.54. The van der Waals surface area contributed by atoms with Crippen LogP contribution >= 0.6 is 7.60 Å². The van der Waals surface area contributed by atoms with E-state index in [1.54, 1.807) is 24.5 Å². The van der Waals surface area contributed by atoms with E-state index in [4.69, 9.17) is 14.5 Å². The Morgan fingerprint density at radius 3 is 2.57 bits per heavy atom. The smallest absolute Gasteiger partial charge is 0.325 e. The fourth-order valence-electron chi connectivity index (χ4n) is 0.895. The number of rotatable bonds is 5. The third-order valence-corrected chi connectivity index (χ3v) is 2.41. The summed E-state index contributed by atoms with van der Waals surface area (Å²) in [4.78, 5) is 20.9. The van der Waals surface area contributed by atoms with Crippen LogP contribution in [0.3, 0.4) is 0 Å². The lowest BCUT2D eigenvalue weighted by molar-refractivity contribution is 0.309. The van der Waals surface area contributed by atoms with Crippen LogP contribution in [0.5, 0.6) is 5.75 Å². The largest absolute Gasteiger partial charge is 0.493 e. The molecule has 1 heterocycles. The Labute approximate surface area is 81.9 Å². The van der Waals surface area contributed by atoms with Gasteiger partial charge in [0.15, 0.2) is 0 Å². The van der Waals surface area contributed by atoms with E-state index < -0.39 is 7.60 Å². The Kier molecular flexibility index (Phi) is 4.07. The van der Waals surface area contributed by atoms with Crippen LogP contribution in [-0.4, -0.2) is 27.5 Å². The van der Waals surface area contributed by atoms with Crippen molar-refractivity contribution in [3.8, 4) is 5.75 Å². The second-order valence-corrected chi connectivity index (χ2v) is 4.55. The molecule has 0 spiro atoms. The summed E-state index contributed by atoms with van der Waals surface area (Å²) in [5.74, 6) is 0.658. The number of nitrogens with zero attached hydrogens (tertiary/aromatic N) is 1. The summed E-state index contributed by atoms with van der Waals surface area (Å²) in [5.41, 5.74) is 0. The van der Waals surface area contributed by atoms with E-state index in [0.717, 1.165) is 0 Å². The van der Waals surface area contributed by atoms with E-state index in [-0.39, 0.29) is 6.16 Å². The highest BCUT2D eigenvalue weighted by Gasteiger charge is 2.11. The first kappa shape index (κ1) is 11.2. The summed E-state index contributed by atoms with van der Waals surface area (Å²) >= 11 is 0. The zero-order chi connectivity index (χ0) is 10.4. The first-order valence-corrected chi connectivity index (χ1v) is 5.95. The van der Waals surface area contributed by atoms with E-state index in [1.807, 2.05) is 0 Å². The lowest BCUT2D eigenvalue weighted by Crippen LogP contribution is -2.00. The van der Waals surface area contributed by atoms with Gasteiger partial charge in [0.2, 0.25) is 0 Å². The number of ether oxygens (including phenoxy) is 1. The molecule has 1 aromatic rings. The lowest BCUT2D eigenvalue weighted by Gasteiger charge is -2.06. The number of hydrogen-bond acceptors (Lipinski definition) is 3. The van der Waals surface area contributed by atoms with Gasteiger partial charge in [-0.25, -0.2) is 0 Å². The van der Waals surface area contributed by atoms with Crippen molar-refractivity contribution in [1.29, 1.82) is 0 Å². The SMILES string of the molecule is O=P(O)(O)CCCOc1ccncc1. The molecule has 1 rings (SSSR count). The molecule has 0 fully saturated rings. The van der Waals surface area contributed by atoms with Crippen molar-refractivity contribution in [1.82, 2.24) is 4.98 Å². The molecule has 0 atom stereocenters. The molecule has 0 aliphatic rings. The topological polar surface area (TPSA) is 79.7 Å². The fraction of sp³-hybridized carbons (Fsp3) is 0.375. The van der Waals surface area contributed by atoms with Crippen molar-refractivity contribution in [3.05, 3.63) is 24.5 Å². The van der Waals surface area contributed by atoms with E-state index >= 15 is 0 Å². The van der Waals surface area contributed by atoms with Gasteiger partial charge < -0.3 is 14.5 Å². The highest BCUT2D eigenvalue weighted by molar-refractivity contribution is 7.51. The summed E-state index contributed by atoms with van der Waals surface area (Å²) in [6, 6.07) is 3.38. The quantitative estimate of drug-likeness (QED) is 0.568. The van der Waals surface area contributed by atoms with Crippen LogP contribution < -0.4 is 4.74 Å². The maximum absolute atomic E-state index is 10.5. The molecule has 0 aliphatic carbocycles. The van der Waals surface area contributed by atoms with Crippen molar-refractivity contribution in [2.75, 3.05) is 12.8 Å². The third-order valence-electron chi connectivity index (χ3n) is 1.51. The van der Waals surface area contributed by atoms with Gasteiger partial charge in [0.05, 0.1) is 12.8 Å².